The van der Waals surface area contributed by atoms with Gasteiger partial charge in [-0.05, 0) is 37.6 Å². The molecule has 2 amide bonds. The molecule has 0 aliphatic carbocycles. The lowest BCUT2D eigenvalue weighted by Crippen LogP contribution is -2.28. The van der Waals surface area contributed by atoms with Crippen LogP contribution >= 0.6 is 0 Å². The lowest BCUT2D eigenvalue weighted by atomic mass is 10.2. The minimum Gasteiger partial charge on any atom is -0.326 e. The molecule has 0 saturated heterocycles. The molecule has 0 aliphatic rings. The molecule has 128 valence electrons. The first-order valence-corrected chi connectivity index (χ1v) is 8.56. The van der Waals surface area contributed by atoms with Gasteiger partial charge in [0.1, 0.15) is 0 Å². The maximum absolute atomic E-state index is 11.8. The van der Waals surface area contributed by atoms with E-state index in [0.717, 1.165) is 38.6 Å². The van der Waals surface area contributed by atoms with E-state index >= 15 is 0 Å². The van der Waals surface area contributed by atoms with Crippen molar-refractivity contribution in [1.82, 2.24) is 5.32 Å². The zero-order chi connectivity index (χ0) is 16.9. The fraction of sp³-hybridized carbons (Fsp3) is 0.556. The van der Waals surface area contributed by atoms with Crippen LogP contribution in [0.15, 0.2) is 24.3 Å². The highest BCUT2D eigenvalue weighted by Crippen LogP contribution is 2.15. The largest absolute Gasteiger partial charge is 0.326 e. The Bertz CT molecular complexity index is 489. The Hall–Kier alpha value is -1.88. The zero-order valence-electron chi connectivity index (χ0n) is 14.3. The van der Waals surface area contributed by atoms with Crippen LogP contribution in [0.25, 0.3) is 0 Å². The molecule has 5 heteroatoms. The molecule has 0 saturated carbocycles. The zero-order valence-corrected chi connectivity index (χ0v) is 14.3. The van der Waals surface area contributed by atoms with Crippen molar-refractivity contribution in [2.24, 2.45) is 0 Å². The topological polar surface area (TPSA) is 70.2 Å². The van der Waals surface area contributed by atoms with Crippen molar-refractivity contribution < 1.29 is 9.59 Å². The Kier molecular flexibility index (Phi) is 9.71. The van der Waals surface area contributed by atoms with Gasteiger partial charge in [-0.2, -0.15) is 0 Å². The second-order valence-electron chi connectivity index (χ2n) is 5.66. The van der Waals surface area contributed by atoms with E-state index in [-0.39, 0.29) is 11.8 Å². The van der Waals surface area contributed by atoms with E-state index in [1.807, 2.05) is 18.2 Å². The number of anilines is 2. The number of hydrogen-bond donors (Lipinski definition) is 3. The quantitative estimate of drug-likeness (QED) is 0.546. The maximum Gasteiger partial charge on any atom is 0.238 e. The predicted octanol–water partition coefficient (Wildman–Crippen LogP) is 3.53. The van der Waals surface area contributed by atoms with Crippen molar-refractivity contribution in [3.63, 3.8) is 0 Å². The van der Waals surface area contributed by atoms with Crippen LogP contribution in [0.3, 0.4) is 0 Å². The van der Waals surface area contributed by atoms with Crippen LogP contribution in [-0.2, 0) is 9.59 Å². The third-order valence-corrected chi connectivity index (χ3v) is 3.43. The van der Waals surface area contributed by atoms with Gasteiger partial charge in [0.15, 0.2) is 0 Å². The van der Waals surface area contributed by atoms with E-state index in [1.165, 1.54) is 0 Å². The molecule has 0 heterocycles. The Balaban J connectivity index is 2.40. The molecule has 5 nitrogen and oxygen atoms in total. The van der Waals surface area contributed by atoms with Crippen molar-refractivity contribution >= 4 is 23.2 Å². The van der Waals surface area contributed by atoms with Crippen LogP contribution in [-0.4, -0.2) is 24.9 Å². The van der Waals surface area contributed by atoms with E-state index in [9.17, 15) is 9.59 Å². The van der Waals surface area contributed by atoms with Crippen LogP contribution in [0.4, 0.5) is 11.4 Å². The lowest BCUT2D eigenvalue weighted by molar-refractivity contribution is -0.116. The molecule has 0 aliphatic heterocycles. The minimum absolute atomic E-state index is 0.0168. The summed E-state index contributed by atoms with van der Waals surface area (Å²) in [5.74, 6) is -0.0596. The average molecular weight is 319 g/mol. The van der Waals surface area contributed by atoms with Crippen molar-refractivity contribution in [1.29, 1.82) is 0 Å². The molecular formula is C18H29N3O2. The van der Waals surface area contributed by atoms with E-state index in [4.69, 9.17) is 0 Å². The Labute approximate surface area is 139 Å². The molecule has 0 fully saturated rings. The fourth-order valence-electron chi connectivity index (χ4n) is 2.14. The molecule has 23 heavy (non-hydrogen) atoms. The van der Waals surface area contributed by atoms with Crippen LogP contribution in [0.1, 0.15) is 52.4 Å². The molecule has 0 spiro atoms. The molecule has 1 rings (SSSR count). The Morgan fingerprint density at radius 2 is 1.57 bits per heavy atom. The summed E-state index contributed by atoms with van der Waals surface area (Å²) in [5, 5.41) is 8.80. The summed E-state index contributed by atoms with van der Waals surface area (Å²) in [5.41, 5.74) is 1.40. The summed E-state index contributed by atoms with van der Waals surface area (Å²) in [6.07, 6.45) is 5.77. The molecule has 0 radical (unpaired) electrons. The number of carbonyl (C=O) groups is 2. The van der Waals surface area contributed by atoms with Gasteiger partial charge in [-0.3, -0.25) is 9.59 Å². The summed E-state index contributed by atoms with van der Waals surface area (Å²) >= 11 is 0. The van der Waals surface area contributed by atoms with Gasteiger partial charge in [0, 0.05) is 17.8 Å². The van der Waals surface area contributed by atoms with Crippen molar-refractivity contribution in [2.75, 3.05) is 23.7 Å². The highest BCUT2D eigenvalue weighted by Gasteiger charge is 2.05. The van der Waals surface area contributed by atoms with Crippen molar-refractivity contribution in [3.8, 4) is 0 Å². The van der Waals surface area contributed by atoms with Crippen molar-refractivity contribution in [3.05, 3.63) is 24.3 Å². The second-order valence-corrected chi connectivity index (χ2v) is 5.66. The first-order valence-electron chi connectivity index (χ1n) is 8.56. The minimum atomic E-state index is -0.0764. The first kappa shape index (κ1) is 19.2. The van der Waals surface area contributed by atoms with Gasteiger partial charge in [0.2, 0.25) is 11.8 Å². The van der Waals surface area contributed by atoms with Crippen LogP contribution < -0.4 is 16.0 Å². The van der Waals surface area contributed by atoms with E-state index in [2.05, 4.69) is 29.8 Å². The van der Waals surface area contributed by atoms with Gasteiger partial charge < -0.3 is 16.0 Å². The molecule has 1 aromatic carbocycles. The monoisotopic (exact) mass is 319 g/mol. The SMILES string of the molecule is CCCCCC(=O)Nc1cccc(NC(=O)CNCCCC)c1. The number of hydrogen-bond acceptors (Lipinski definition) is 3. The average Bonchev–Trinajstić information content (AvgIpc) is 2.52. The number of rotatable bonds is 11. The molecule has 0 bridgehead atoms. The van der Waals surface area contributed by atoms with Crippen LogP contribution in [0, 0.1) is 0 Å². The standard InChI is InChI=1S/C18H29N3O2/c1-3-5-7-11-17(22)20-15-9-8-10-16(13-15)21-18(23)14-19-12-6-4-2/h8-10,13,19H,3-7,11-12,14H2,1-2H3,(H,20,22)(H,21,23). The van der Waals surface area contributed by atoms with E-state index < -0.39 is 0 Å². The molecule has 1 aromatic rings. The predicted molar refractivity (Wildman–Crippen MR) is 95.6 cm³/mol. The van der Waals surface area contributed by atoms with Gasteiger partial charge in [-0.25, -0.2) is 0 Å². The molecule has 0 unspecified atom stereocenters. The summed E-state index contributed by atoms with van der Waals surface area (Å²) < 4.78 is 0. The third-order valence-electron chi connectivity index (χ3n) is 3.43. The van der Waals surface area contributed by atoms with Crippen LogP contribution in [0.2, 0.25) is 0 Å². The van der Waals surface area contributed by atoms with Gasteiger partial charge in [-0.15, -0.1) is 0 Å². The number of nitrogens with one attached hydrogen (secondary N) is 3. The number of carbonyl (C=O) groups excluding carboxylic acids is 2. The lowest BCUT2D eigenvalue weighted by Gasteiger charge is -2.09. The summed E-state index contributed by atoms with van der Waals surface area (Å²) in [6, 6.07) is 7.24. The van der Waals surface area contributed by atoms with Gasteiger partial charge in [-0.1, -0.05) is 39.2 Å². The highest BCUT2D eigenvalue weighted by molar-refractivity contribution is 5.94. The molecule has 0 aromatic heterocycles. The summed E-state index contributed by atoms with van der Waals surface area (Å²) in [4.78, 5) is 23.6. The fourth-order valence-corrected chi connectivity index (χ4v) is 2.14. The maximum atomic E-state index is 11.8. The van der Waals surface area contributed by atoms with E-state index in [1.54, 1.807) is 6.07 Å². The smallest absolute Gasteiger partial charge is 0.238 e. The highest BCUT2D eigenvalue weighted by atomic mass is 16.2. The van der Waals surface area contributed by atoms with Gasteiger partial charge in [0.05, 0.1) is 6.54 Å². The normalized spacial score (nSPS) is 10.3. The molecule has 3 N–H and O–H groups in total. The Morgan fingerprint density at radius 1 is 0.913 bits per heavy atom. The third kappa shape index (κ3) is 8.98. The number of unbranched alkanes of at least 4 members (excludes halogenated alkanes) is 3. The van der Waals surface area contributed by atoms with Gasteiger partial charge in [0.25, 0.3) is 0 Å². The molecular weight excluding hydrogens is 290 g/mol. The molecule has 0 atom stereocenters. The summed E-state index contributed by atoms with van der Waals surface area (Å²) in [6.45, 7) is 5.37. The summed E-state index contributed by atoms with van der Waals surface area (Å²) in [7, 11) is 0. The number of benzene rings is 1. The van der Waals surface area contributed by atoms with E-state index in [0.29, 0.717) is 24.3 Å². The first-order chi connectivity index (χ1) is 11.2. The van der Waals surface area contributed by atoms with Crippen LogP contribution in [0.5, 0.6) is 0 Å². The second kappa shape index (κ2) is 11.7. The van der Waals surface area contributed by atoms with Crippen molar-refractivity contribution in [2.45, 2.75) is 52.4 Å². The van der Waals surface area contributed by atoms with Gasteiger partial charge >= 0.3 is 0 Å². The number of amides is 2. The Morgan fingerprint density at radius 3 is 2.22 bits per heavy atom.